The van der Waals surface area contributed by atoms with Gasteiger partial charge in [0.15, 0.2) is 0 Å². The number of allylic oxidation sites excluding steroid dienone is 1. The molecule has 2 aromatic rings. The quantitative estimate of drug-likeness (QED) is 0.261. The number of nitrogens with zero attached hydrogens (tertiary/aromatic N) is 1. The predicted molar refractivity (Wildman–Crippen MR) is 128 cm³/mol. The number of aliphatic imine (C=N–C) groups is 1. The molecule has 0 bridgehead atoms. The van der Waals surface area contributed by atoms with Crippen molar-refractivity contribution in [2.45, 2.75) is 71.3 Å². The van der Waals surface area contributed by atoms with Crippen molar-refractivity contribution in [2.75, 3.05) is 5.32 Å². The molecule has 0 unspecified atom stereocenters. The summed E-state index contributed by atoms with van der Waals surface area (Å²) in [4.78, 5) is 3.96. The summed E-state index contributed by atoms with van der Waals surface area (Å²) in [5, 5.41) is 3.29. The van der Waals surface area contributed by atoms with Crippen molar-refractivity contribution in [3.8, 4) is 0 Å². The zero-order valence-corrected chi connectivity index (χ0v) is 19.9. The van der Waals surface area contributed by atoms with E-state index in [9.17, 15) is 26.3 Å². The molecule has 1 aliphatic heterocycles. The van der Waals surface area contributed by atoms with Gasteiger partial charge >= 0.3 is 12.4 Å². The number of halogens is 6. The molecule has 0 spiro atoms. The van der Waals surface area contributed by atoms with Gasteiger partial charge in [0.1, 0.15) is 0 Å². The fraction of sp³-hybridized carbons (Fsp3) is 0.423. The van der Waals surface area contributed by atoms with E-state index < -0.39 is 23.5 Å². The minimum Gasteiger partial charge on any atom is -0.382 e. The third kappa shape index (κ3) is 9.23. The molecule has 3 rings (SSSR count). The van der Waals surface area contributed by atoms with E-state index in [1.807, 2.05) is 20.8 Å². The largest absolute Gasteiger partial charge is 0.416 e. The van der Waals surface area contributed by atoms with Gasteiger partial charge in [-0.1, -0.05) is 26.8 Å². The van der Waals surface area contributed by atoms with E-state index in [1.54, 1.807) is 18.4 Å². The van der Waals surface area contributed by atoms with E-state index in [0.29, 0.717) is 11.7 Å². The highest BCUT2D eigenvalue weighted by Crippen LogP contribution is 2.39. The van der Waals surface area contributed by atoms with Crippen LogP contribution in [0.5, 0.6) is 0 Å². The van der Waals surface area contributed by atoms with Crippen LogP contribution in [0.4, 0.5) is 37.7 Å². The molecule has 2 aromatic carbocycles. The van der Waals surface area contributed by atoms with Crippen molar-refractivity contribution in [3.05, 3.63) is 71.8 Å². The van der Waals surface area contributed by atoms with Gasteiger partial charge in [0.05, 0.1) is 16.8 Å². The number of benzene rings is 2. The predicted octanol–water partition coefficient (Wildman–Crippen LogP) is 9.41. The molecule has 0 radical (unpaired) electrons. The second-order valence-electron chi connectivity index (χ2n) is 7.86. The van der Waals surface area contributed by atoms with E-state index in [0.717, 1.165) is 48.7 Å². The first kappa shape index (κ1) is 29.3. The average Bonchev–Trinajstić information content (AvgIpc) is 2.77. The van der Waals surface area contributed by atoms with Crippen molar-refractivity contribution in [1.29, 1.82) is 0 Å². The van der Waals surface area contributed by atoms with E-state index in [-0.39, 0.29) is 5.92 Å². The third-order valence-corrected chi connectivity index (χ3v) is 5.02. The first-order chi connectivity index (χ1) is 15.9. The number of alkyl halides is 6. The van der Waals surface area contributed by atoms with Gasteiger partial charge in [-0.25, -0.2) is 0 Å². The Morgan fingerprint density at radius 1 is 0.971 bits per heavy atom. The molecule has 34 heavy (non-hydrogen) atoms. The van der Waals surface area contributed by atoms with Crippen LogP contribution in [-0.2, 0) is 12.4 Å². The number of hydrogen-bond donors (Lipinski definition) is 1. The van der Waals surface area contributed by atoms with Crippen LogP contribution >= 0.6 is 0 Å². The molecule has 0 amide bonds. The zero-order chi connectivity index (χ0) is 25.9. The summed E-state index contributed by atoms with van der Waals surface area (Å²) in [6.07, 6.45) is -2.47. The van der Waals surface area contributed by atoms with Crippen LogP contribution in [0.15, 0.2) is 60.1 Å². The smallest absolute Gasteiger partial charge is 0.382 e. The van der Waals surface area contributed by atoms with Gasteiger partial charge in [-0.3, -0.25) is 4.99 Å². The van der Waals surface area contributed by atoms with E-state index in [2.05, 4.69) is 23.8 Å². The van der Waals surface area contributed by atoms with Crippen LogP contribution in [0, 0.1) is 0 Å². The Kier molecular flexibility index (Phi) is 11.4. The fourth-order valence-corrected chi connectivity index (χ4v) is 3.31. The maximum Gasteiger partial charge on any atom is 0.416 e. The monoisotopic (exact) mass is 486 g/mol. The topological polar surface area (TPSA) is 24.4 Å². The highest BCUT2D eigenvalue weighted by atomic mass is 19.4. The molecule has 0 aromatic heterocycles. The Hall–Kier alpha value is -2.77. The van der Waals surface area contributed by atoms with Crippen LogP contribution in [0.1, 0.15) is 69.6 Å². The van der Waals surface area contributed by atoms with Gasteiger partial charge < -0.3 is 5.32 Å². The maximum atomic E-state index is 12.6. The molecule has 2 nitrogen and oxygen atoms in total. The number of hydrogen-bond acceptors (Lipinski definition) is 2. The standard InChI is InChI=1S/C13H16F3N.C10H10F3N.C3H6/c1-3-10-6-8(2)11-7-9(13(14,15)16)4-5-12(11)17-10;1-2-7-14-9-5-3-8(4-6-9)10(11,12)13;1-3-2/h4-5,7-8,10,17H,3,6H2,1-2H3;3-7H,2H2,1H3;3H,1H2,2H3/t8-,10+;;/m0../s1. The summed E-state index contributed by atoms with van der Waals surface area (Å²) in [5.74, 6) is 0.179. The number of fused-ring (bicyclic) bond motifs is 1. The molecule has 0 saturated heterocycles. The molecule has 0 saturated carbocycles. The van der Waals surface area contributed by atoms with Crippen LogP contribution in [0.2, 0.25) is 0 Å². The SMILES string of the molecule is C=CC.CCC=Nc1ccc(C(F)(F)F)cc1.CC[C@@H]1C[C@H](C)c2cc(C(F)(F)F)ccc2N1. The van der Waals surface area contributed by atoms with Crippen LogP contribution < -0.4 is 5.32 Å². The number of anilines is 1. The van der Waals surface area contributed by atoms with Crippen LogP contribution in [0.25, 0.3) is 0 Å². The normalized spacial score (nSPS) is 17.5. The van der Waals surface area contributed by atoms with E-state index >= 15 is 0 Å². The first-order valence-corrected chi connectivity index (χ1v) is 11.1. The van der Waals surface area contributed by atoms with Crippen LogP contribution in [-0.4, -0.2) is 12.3 Å². The molecule has 0 aliphatic carbocycles. The lowest BCUT2D eigenvalue weighted by atomic mass is 9.86. The molecular weight excluding hydrogens is 454 g/mol. The minimum absolute atomic E-state index is 0.179. The highest BCUT2D eigenvalue weighted by Gasteiger charge is 2.33. The lowest BCUT2D eigenvalue weighted by molar-refractivity contribution is -0.138. The summed E-state index contributed by atoms with van der Waals surface area (Å²) in [6.45, 7) is 11.2. The molecule has 0 fully saturated rings. The highest BCUT2D eigenvalue weighted by molar-refractivity contribution is 5.62. The lowest BCUT2D eigenvalue weighted by Crippen LogP contribution is -2.26. The van der Waals surface area contributed by atoms with E-state index in [1.165, 1.54) is 18.2 Å². The summed E-state index contributed by atoms with van der Waals surface area (Å²) in [6, 6.07) is 9.12. The molecular formula is C26H32F6N2. The molecule has 8 heteroatoms. The summed E-state index contributed by atoms with van der Waals surface area (Å²) in [5.41, 5.74) is 0.973. The Morgan fingerprint density at radius 3 is 1.97 bits per heavy atom. The number of rotatable bonds is 3. The second kappa shape index (κ2) is 13.2. The maximum absolute atomic E-state index is 12.6. The van der Waals surface area contributed by atoms with Gasteiger partial charge in [0.2, 0.25) is 0 Å². The van der Waals surface area contributed by atoms with Gasteiger partial charge in [-0.15, -0.1) is 6.58 Å². The Labute approximate surface area is 197 Å². The lowest BCUT2D eigenvalue weighted by Gasteiger charge is -2.31. The molecule has 1 N–H and O–H groups in total. The van der Waals surface area contributed by atoms with Crippen molar-refractivity contribution in [1.82, 2.24) is 0 Å². The van der Waals surface area contributed by atoms with Crippen molar-refractivity contribution >= 4 is 17.6 Å². The van der Waals surface area contributed by atoms with Gasteiger partial charge in [-0.2, -0.15) is 26.3 Å². The van der Waals surface area contributed by atoms with Crippen molar-refractivity contribution < 1.29 is 26.3 Å². The number of nitrogens with one attached hydrogen (secondary N) is 1. The first-order valence-electron chi connectivity index (χ1n) is 11.1. The second-order valence-corrected chi connectivity index (χ2v) is 7.86. The third-order valence-electron chi connectivity index (χ3n) is 5.02. The fourth-order valence-electron chi connectivity index (χ4n) is 3.31. The van der Waals surface area contributed by atoms with Gasteiger partial charge in [-0.05, 0) is 80.1 Å². The zero-order valence-electron chi connectivity index (χ0n) is 19.9. The van der Waals surface area contributed by atoms with E-state index in [4.69, 9.17) is 0 Å². The van der Waals surface area contributed by atoms with Crippen molar-refractivity contribution in [2.24, 2.45) is 4.99 Å². The minimum atomic E-state index is -4.27. The Bertz CT molecular complexity index is 914. The van der Waals surface area contributed by atoms with Gasteiger partial charge in [0.25, 0.3) is 0 Å². The summed E-state index contributed by atoms with van der Waals surface area (Å²) >= 11 is 0. The Balaban J connectivity index is 0.000000310. The molecule has 2 atom stereocenters. The molecule has 1 heterocycles. The molecule has 1 aliphatic rings. The molecule has 188 valence electrons. The van der Waals surface area contributed by atoms with Crippen molar-refractivity contribution in [3.63, 3.8) is 0 Å². The van der Waals surface area contributed by atoms with Gasteiger partial charge in [0, 0.05) is 17.9 Å². The Morgan fingerprint density at radius 2 is 1.50 bits per heavy atom. The summed E-state index contributed by atoms with van der Waals surface area (Å²) < 4.78 is 74.2. The summed E-state index contributed by atoms with van der Waals surface area (Å²) in [7, 11) is 0. The average molecular weight is 487 g/mol. The van der Waals surface area contributed by atoms with Crippen LogP contribution in [0.3, 0.4) is 0 Å².